The fourth-order valence-electron chi connectivity index (χ4n) is 2.64. The van der Waals surface area contributed by atoms with Crippen LogP contribution in [0.4, 0.5) is 8.78 Å². The summed E-state index contributed by atoms with van der Waals surface area (Å²) in [7, 11) is -4.40. The minimum Gasteiger partial charge on any atom is -0.360 e. The summed E-state index contributed by atoms with van der Waals surface area (Å²) in [6.45, 7) is -0.0629. The van der Waals surface area contributed by atoms with E-state index in [1.165, 1.54) is 0 Å². The first kappa shape index (κ1) is 19.6. The van der Waals surface area contributed by atoms with E-state index in [0.717, 1.165) is 29.3 Å². The van der Waals surface area contributed by atoms with Crippen LogP contribution >= 0.6 is 0 Å². The van der Waals surface area contributed by atoms with E-state index in [-0.39, 0.29) is 25.7 Å². The van der Waals surface area contributed by atoms with E-state index in [1.54, 1.807) is 0 Å². The maximum absolute atomic E-state index is 14.0. The molecule has 1 aromatic rings. The number of amides is 2. The van der Waals surface area contributed by atoms with Gasteiger partial charge >= 0.3 is 11.8 Å². The first-order chi connectivity index (χ1) is 12.8. The number of rotatable bonds is 5. The molecule has 8 nitrogen and oxygen atoms in total. The minimum atomic E-state index is -4.40. The number of benzene rings is 1. The van der Waals surface area contributed by atoms with Crippen LogP contribution in [0, 0.1) is 11.6 Å². The molecule has 1 aliphatic carbocycles. The summed E-state index contributed by atoms with van der Waals surface area (Å²) in [6.07, 6.45) is 0.846. The molecule has 0 aromatic heterocycles. The van der Waals surface area contributed by atoms with E-state index < -0.39 is 44.6 Å². The first-order valence-electron chi connectivity index (χ1n) is 8.46. The van der Waals surface area contributed by atoms with Crippen LogP contribution in [0.25, 0.3) is 0 Å². The van der Waals surface area contributed by atoms with Crippen molar-refractivity contribution in [3.63, 3.8) is 0 Å². The minimum absolute atomic E-state index is 0.00186. The molecule has 27 heavy (non-hydrogen) atoms. The normalized spacial score (nSPS) is 20.9. The van der Waals surface area contributed by atoms with Gasteiger partial charge in [0.2, 0.25) is 10.0 Å². The molecule has 2 N–H and O–H groups in total. The summed E-state index contributed by atoms with van der Waals surface area (Å²) in [5.41, 5.74) is 0. The largest absolute Gasteiger partial charge is 0.360 e. The summed E-state index contributed by atoms with van der Waals surface area (Å²) in [5.74, 6) is -3.70. The molecular formula is C16H19F2N3O5S. The summed E-state index contributed by atoms with van der Waals surface area (Å²) in [6, 6.07) is 2.14. The number of nitrogens with one attached hydrogen (secondary N) is 2. The number of hydrogen-bond acceptors (Lipinski definition) is 5. The van der Waals surface area contributed by atoms with Gasteiger partial charge in [0.05, 0.1) is 13.2 Å². The molecule has 0 bridgehead atoms. The predicted octanol–water partition coefficient (Wildman–Crippen LogP) is 0.0967. The zero-order valence-corrected chi connectivity index (χ0v) is 15.1. The van der Waals surface area contributed by atoms with E-state index >= 15 is 0 Å². The Morgan fingerprint density at radius 1 is 1.22 bits per heavy atom. The van der Waals surface area contributed by atoms with Crippen LogP contribution < -0.4 is 10.6 Å². The van der Waals surface area contributed by atoms with Crippen LogP contribution in [-0.4, -0.2) is 56.5 Å². The lowest BCUT2D eigenvalue weighted by Crippen LogP contribution is -2.53. The SMILES string of the molecule is O=C(NC[C@H]1OCCCN1S(=O)(=O)c1cc(F)ccc1F)C(=O)NC1CC1. The quantitative estimate of drug-likeness (QED) is 0.679. The topological polar surface area (TPSA) is 105 Å². The Kier molecular flexibility index (Phi) is 5.72. The van der Waals surface area contributed by atoms with Crippen LogP contribution in [0.1, 0.15) is 19.3 Å². The van der Waals surface area contributed by atoms with Gasteiger partial charge in [-0.25, -0.2) is 17.2 Å². The highest BCUT2D eigenvalue weighted by Crippen LogP contribution is 2.25. The molecule has 1 saturated carbocycles. The molecule has 148 valence electrons. The van der Waals surface area contributed by atoms with Gasteiger partial charge in [-0.3, -0.25) is 9.59 Å². The molecule has 1 heterocycles. The van der Waals surface area contributed by atoms with Crippen molar-refractivity contribution in [3.8, 4) is 0 Å². The van der Waals surface area contributed by atoms with Crippen LogP contribution in [0.3, 0.4) is 0 Å². The average Bonchev–Trinajstić information content (AvgIpc) is 3.45. The van der Waals surface area contributed by atoms with E-state index in [9.17, 15) is 26.8 Å². The van der Waals surface area contributed by atoms with E-state index in [2.05, 4.69) is 10.6 Å². The van der Waals surface area contributed by atoms with Crippen molar-refractivity contribution in [2.45, 2.75) is 36.4 Å². The number of hydrogen-bond donors (Lipinski definition) is 2. The fraction of sp³-hybridized carbons (Fsp3) is 0.500. The lowest BCUT2D eigenvalue weighted by molar-refractivity contribution is -0.140. The van der Waals surface area contributed by atoms with Gasteiger partial charge < -0.3 is 15.4 Å². The molecule has 1 atom stereocenters. The van der Waals surface area contributed by atoms with Gasteiger partial charge in [-0.1, -0.05) is 0 Å². The van der Waals surface area contributed by atoms with Gasteiger partial charge in [0, 0.05) is 12.6 Å². The third-order valence-electron chi connectivity index (χ3n) is 4.19. The molecule has 2 amide bonds. The first-order valence-corrected chi connectivity index (χ1v) is 9.90. The van der Waals surface area contributed by atoms with Crippen molar-refractivity contribution in [1.29, 1.82) is 0 Å². The molecular weight excluding hydrogens is 384 g/mol. The molecule has 0 radical (unpaired) electrons. The van der Waals surface area contributed by atoms with Gasteiger partial charge in [0.1, 0.15) is 22.8 Å². The molecule has 11 heteroatoms. The van der Waals surface area contributed by atoms with Crippen molar-refractivity contribution in [2.24, 2.45) is 0 Å². The molecule has 0 spiro atoms. The lowest BCUT2D eigenvalue weighted by Gasteiger charge is -2.34. The Morgan fingerprint density at radius 3 is 2.67 bits per heavy atom. The second kappa shape index (κ2) is 7.87. The van der Waals surface area contributed by atoms with Crippen LogP contribution in [-0.2, 0) is 24.3 Å². The van der Waals surface area contributed by atoms with Crippen LogP contribution in [0.5, 0.6) is 0 Å². The molecule has 1 aliphatic heterocycles. The molecule has 3 rings (SSSR count). The number of halogens is 2. The third kappa shape index (κ3) is 4.60. The van der Waals surface area contributed by atoms with Crippen LogP contribution in [0.2, 0.25) is 0 Å². The van der Waals surface area contributed by atoms with Gasteiger partial charge in [0.25, 0.3) is 0 Å². The maximum atomic E-state index is 14.0. The number of nitrogens with zero attached hydrogens (tertiary/aromatic N) is 1. The monoisotopic (exact) mass is 403 g/mol. The number of ether oxygens (including phenoxy) is 1. The molecule has 1 saturated heterocycles. The van der Waals surface area contributed by atoms with E-state index in [0.29, 0.717) is 12.5 Å². The Hall–Kier alpha value is -2.11. The van der Waals surface area contributed by atoms with Crippen molar-refractivity contribution in [2.75, 3.05) is 19.7 Å². The zero-order valence-electron chi connectivity index (χ0n) is 14.3. The van der Waals surface area contributed by atoms with Gasteiger partial charge in [-0.2, -0.15) is 4.31 Å². The van der Waals surface area contributed by atoms with Crippen molar-refractivity contribution < 1.29 is 31.5 Å². The van der Waals surface area contributed by atoms with E-state index in [4.69, 9.17) is 4.74 Å². The van der Waals surface area contributed by atoms with Crippen LogP contribution in [0.15, 0.2) is 23.1 Å². The van der Waals surface area contributed by atoms with Gasteiger partial charge in [-0.15, -0.1) is 0 Å². The van der Waals surface area contributed by atoms with Crippen molar-refractivity contribution in [1.82, 2.24) is 14.9 Å². The van der Waals surface area contributed by atoms with Crippen molar-refractivity contribution in [3.05, 3.63) is 29.8 Å². The maximum Gasteiger partial charge on any atom is 0.309 e. The lowest BCUT2D eigenvalue weighted by atomic mass is 10.3. The summed E-state index contributed by atoms with van der Waals surface area (Å²) in [4.78, 5) is 22.7. The average molecular weight is 403 g/mol. The summed E-state index contributed by atoms with van der Waals surface area (Å²) in [5, 5.41) is 4.82. The highest BCUT2D eigenvalue weighted by atomic mass is 32.2. The molecule has 2 fully saturated rings. The Morgan fingerprint density at radius 2 is 1.96 bits per heavy atom. The third-order valence-corrected chi connectivity index (χ3v) is 6.09. The zero-order chi connectivity index (χ0) is 19.6. The number of carbonyl (C=O) groups is 2. The summed E-state index contributed by atoms with van der Waals surface area (Å²) >= 11 is 0. The standard InChI is InChI=1S/C16H19F2N3O5S/c17-10-2-5-12(18)13(8-10)27(24,25)21-6-1-7-26-14(21)9-19-15(22)16(23)20-11-3-4-11/h2,5,8,11,14H,1,3-4,6-7,9H2,(H,19,22)(H,20,23)/t14-/m1/s1. The predicted molar refractivity (Wildman–Crippen MR) is 88.8 cm³/mol. The second-order valence-electron chi connectivity index (χ2n) is 6.33. The second-order valence-corrected chi connectivity index (χ2v) is 8.19. The van der Waals surface area contributed by atoms with E-state index in [1.807, 2.05) is 0 Å². The molecule has 0 unspecified atom stereocenters. The van der Waals surface area contributed by atoms with Gasteiger partial charge in [-0.05, 0) is 37.5 Å². The fourth-order valence-corrected chi connectivity index (χ4v) is 4.29. The number of carbonyl (C=O) groups excluding carboxylic acids is 2. The van der Waals surface area contributed by atoms with Gasteiger partial charge in [0.15, 0.2) is 0 Å². The van der Waals surface area contributed by atoms with Crippen molar-refractivity contribution >= 4 is 21.8 Å². The molecule has 1 aromatic carbocycles. The Labute approximate surface area is 154 Å². The Bertz CT molecular complexity index is 844. The highest BCUT2D eigenvalue weighted by Gasteiger charge is 2.37. The summed E-state index contributed by atoms with van der Waals surface area (Å²) < 4.78 is 59.1. The molecule has 2 aliphatic rings. The highest BCUT2D eigenvalue weighted by molar-refractivity contribution is 7.89. The smallest absolute Gasteiger partial charge is 0.309 e. The number of sulfonamides is 1. The Balaban J connectivity index is 1.71.